The first-order chi connectivity index (χ1) is 36.1. The van der Waals surface area contributed by atoms with E-state index < -0.39 is 11.7 Å². The van der Waals surface area contributed by atoms with Crippen molar-refractivity contribution in [3.8, 4) is 91.3 Å². The Morgan fingerprint density at radius 2 is 0.649 bits per heavy atom. The fraction of sp³-hybridized carbons (Fsp3) is 0.0156. The maximum atomic E-state index is 15.1. The van der Waals surface area contributed by atoms with Gasteiger partial charge >= 0.3 is 6.18 Å². The standard InChI is InChI=1S/C64H34F3N7/c65-64(66,67)51-21-26-62(73-58-22-17-47(43-9-1-39(34-68)2-10-43)29-52(58)53-30-48(18-23-59(53)73)44-11-3-40(35-69)4-12-44)56(33-51)57-38-72-28-27-63(57)74-60-24-19-49(45-13-5-41(36-70)6-14-45)31-54(60)55-32-50(20-25-61(55)74)46-15-7-42(37-71)8-16-46/h1-33,38H. The largest absolute Gasteiger partial charge is 0.416 e. The summed E-state index contributed by atoms with van der Waals surface area (Å²) in [7, 11) is 0. The van der Waals surface area contributed by atoms with Gasteiger partial charge in [-0.3, -0.25) is 4.98 Å². The molecule has 9 aromatic carbocycles. The molecular weight excluding hydrogens is 924 g/mol. The van der Waals surface area contributed by atoms with E-state index in [0.717, 1.165) is 94.2 Å². The number of halogens is 3. The van der Waals surface area contributed by atoms with Crippen LogP contribution in [0.2, 0.25) is 0 Å². The lowest BCUT2D eigenvalue weighted by Crippen LogP contribution is -2.08. The van der Waals surface area contributed by atoms with Crippen molar-refractivity contribution in [3.63, 3.8) is 0 Å². The molecule has 74 heavy (non-hydrogen) atoms. The minimum atomic E-state index is -4.68. The zero-order valence-corrected chi connectivity index (χ0v) is 38.9. The summed E-state index contributed by atoms with van der Waals surface area (Å²) in [4.78, 5) is 4.59. The van der Waals surface area contributed by atoms with Gasteiger partial charge in [0.2, 0.25) is 0 Å². The molecule has 0 saturated carbocycles. The Balaban J connectivity index is 1.11. The van der Waals surface area contributed by atoms with E-state index >= 15 is 13.2 Å². The molecule has 0 spiro atoms. The second-order valence-corrected chi connectivity index (χ2v) is 18.0. The van der Waals surface area contributed by atoms with Crippen molar-refractivity contribution < 1.29 is 13.2 Å². The minimum absolute atomic E-state index is 0.299. The molecule has 0 saturated heterocycles. The third-order valence-corrected chi connectivity index (χ3v) is 13.8. The highest BCUT2D eigenvalue weighted by molar-refractivity contribution is 6.14. The van der Waals surface area contributed by atoms with E-state index in [1.54, 1.807) is 60.9 Å². The normalized spacial score (nSPS) is 11.4. The van der Waals surface area contributed by atoms with Gasteiger partial charge in [-0.2, -0.15) is 34.2 Å². The summed E-state index contributed by atoms with van der Waals surface area (Å²) in [5.74, 6) is 0. The van der Waals surface area contributed by atoms with Crippen LogP contribution in [0.15, 0.2) is 207 Å². The highest BCUT2D eigenvalue weighted by Crippen LogP contribution is 2.45. The summed E-state index contributed by atoms with van der Waals surface area (Å²) in [5.41, 5.74) is 13.5. The third-order valence-electron chi connectivity index (χ3n) is 13.8. The van der Waals surface area contributed by atoms with Crippen LogP contribution in [0.5, 0.6) is 0 Å². The van der Waals surface area contributed by atoms with Crippen LogP contribution in [-0.2, 0) is 6.18 Å². The molecule has 0 radical (unpaired) electrons. The summed E-state index contributed by atoms with van der Waals surface area (Å²) in [6.07, 6.45) is -1.41. The maximum Gasteiger partial charge on any atom is 0.416 e. The summed E-state index contributed by atoms with van der Waals surface area (Å²) in [6.45, 7) is 0. The molecule has 3 aromatic heterocycles. The maximum absolute atomic E-state index is 15.1. The minimum Gasteiger partial charge on any atom is -0.309 e. The molecule has 7 nitrogen and oxygen atoms in total. The lowest BCUT2D eigenvalue weighted by molar-refractivity contribution is -0.137. The molecule has 3 heterocycles. The molecule has 0 aliphatic carbocycles. The van der Waals surface area contributed by atoms with Gasteiger partial charge in [-0.15, -0.1) is 0 Å². The van der Waals surface area contributed by atoms with Gasteiger partial charge < -0.3 is 9.13 Å². The van der Waals surface area contributed by atoms with E-state index in [-0.39, 0.29) is 0 Å². The molecule has 0 aliphatic heterocycles. The fourth-order valence-electron chi connectivity index (χ4n) is 10.1. The Hall–Kier alpha value is -10.5. The van der Waals surface area contributed by atoms with Crippen LogP contribution in [0.3, 0.4) is 0 Å². The van der Waals surface area contributed by atoms with Crippen molar-refractivity contribution in [1.29, 1.82) is 21.0 Å². The molecule has 0 N–H and O–H groups in total. The van der Waals surface area contributed by atoms with Gasteiger partial charge in [0, 0.05) is 45.1 Å². The van der Waals surface area contributed by atoms with Crippen LogP contribution >= 0.6 is 0 Å². The highest BCUT2D eigenvalue weighted by atomic mass is 19.4. The molecule has 12 rings (SSSR count). The van der Waals surface area contributed by atoms with Crippen LogP contribution in [-0.4, -0.2) is 14.1 Å². The van der Waals surface area contributed by atoms with Crippen molar-refractivity contribution in [3.05, 3.63) is 234 Å². The van der Waals surface area contributed by atoms with E-state index in [1.807, 2.05) is 108 Å². The quantitative estimate of drug-likeness (QED) is 0.158. The smallest absolute Gasteiger partial charge is 0.309 e. The Bertz CT molecular complexity index is 4190. The second kappa shape index (κ2) is 17.7. The van der Waals surface area contributed by atoms with Crippen LogP contribution in [0.1, 0.15) is 27.8 Å². The van der Waals surface area contributed by atoms with Crippen molar-refractivity contribution >= 4 is 43.6 Å². The van der Waals surface area contributed by atoms with Crippen molar-refractivity contribution in [2.75, 3.05) is 0 Å². The Morgan fingerprint density at radius 3 is 0.959 bits per heavy atom. The van der Waals surface area contributed by atoms with E-state index in [9.17, 15) is 21.0 Å². The lowest BCUT2D eigenvalue weighted by Gasteiger charge is -2.20. The number of alkyl halides is 3. The number of hydrogen-bond donors (Lipinski definition) is 0. The van der Waals surface area contributed by atoms with Gasteiger partial charge in [0.15, 0.2) is 0 Å². The first kappa shape index (κ1) is 44.7. The molecule has 12 aromatic rings. The number of nitriles is 4. The van der Waals surface area contributed by atoms with Crippen LogP contribution in [0.25, 0.3) is 111 Å². The number of fused-ring (bicyclic) bond motifs is 6. The van der Waals surface area contributed by atoms with Gasteiger partial charge in [-0.05, 0) is 166 Å². The number of hydrogen-bond acceptors (Lipinski definition) is 5. The van der Waals surface area contributed by atoms with Crippen molar-refractivity contribution in [2.45, 2.75) is 6.18 Å². The number of pyridine rings is 1. The molecule has 10 heteroatoms. The molecule has 0 unspecified atom stereocenters. The molecule has 0 amide bonds. The van der Waals surface area contributed by atoms with Crippen molar-refractivity contribution in [1.82, 2.24) is 14.1 Å². The number of benzene rings is 9. The lowest BCUT2D eigenvalue weighted by atomic mass is 9.99. The predicted molar refractivity (Wildman–Crippen MR) is 284 cm³/mol. The summed E-state index contributed by atoms with van der Waals surface area (Å²) < 4.78 is 49.4. The van der Waals surface area contributed by atoms with E-state index in [4.69, 9.17) is 0 Å². The van der Waals surface area contributed by atoms with Gasteiger partial charge in [-0.25, -0.2) is 0 Å². The highest BCUT2D eigenvalue weighted by Gasteiger charge is 2.32. The SMILES string of the molecule is N#Cc1ccc(-c2ccc3c(c2)c2cc(-c4ccc(C#N)cc4)ccc2n3-c2ccncc2-c2cc(C(F)(F)F)ccc2-n2c3ccc(-c4ccc(C#N)cc4)cc3c3cc(-c4ccc(C#N)cc4)ccc32)cc1. The monoisotopic (exact) mass is 957 g/mol. The van der Waals surface area contributed by atoms with Gasteiger partial charge in [0.25, 0.3) is 0 Å². The molecule has 0 fully saturated rings. The second-order valence-electron chi connectivity index (χ2n) is 18.0. The van der Waals surface area contributed by atoms with Gasteiger partial charge in [0.05, 0.1) is 85.5 Å². The van der Waals surface area contributed by atoms with Crippen LogP contribution in [0, 0.1) is 45.3 Å². The average Bonchev–Trinajstić information content (AvgIpc) is 3.96. The predicted octanol–water partition coefficient (Wildman–Crippen LogP) is 16.1. The summed E-state index contributed by atoms with van der Waals surface area (Å²) in [5, 5.41) is 41.6. The van der Waals surface area contributed by atoms with E-state index in [1.165, 1.54) is 12.1 Å². The number of rotatable bonds is 7. The van der Waals surface area contributed by atoms with Gasteiger partial charge in [-0.1, -0.05) is 72.8 Å². The van der Waals surface area contributed by atoms with E-state index in [2.05, 4.69) is 58.1 Å². The summed E-state index contributed by atoms with van der Waals surface area (Å²) in [6, 6.07) is 68.2. The fourth-order valence-corrected chi connectivity index (χ4v) is 10.1. The number of aromatic nitrogens is 3. The third kappa shape index (κ3) is 7.65. The topological polar surface area (TPSA) is 118 Å². The first-order valence-corrected chi connectivity index (χ1v) is 23.5. The van der Waals surface area contributed by atoms with Crippen LogP contribution < -0.4 is 0 Å². The zero-order valence-electron chi connectivity index (χ0n) is 38.9. The Kier molecular flexibility index (Phi) is 10.7. The molecule has 0 aliphatic rings. The Labute approximate surface area is 422 Å². The molecular formula is C64H34F3N7. The average molecular weight is 958 g/mol. The van der Waals surface area contributed by atoms with E-state index in [0.29, 0.717) is 44.8 Å². The Morgan fingerprint density at radius 1 is 0.338 bits per heavy atom. The zero-order chi connectivity index (χ0) is 50.7. The summed E-state index contributed by atoms with van der Waals surface area (Å²) >= 11 is 0. The molecule has 0 bridgehead atoms. The first-order valence-electron chi connectivity index (χ1n) is 23.5. The van der Waals surface area contributed by atoms with Gasteiger partial charge in [0.1, 0.15) is 0 Å². The van der Waals surface area contributed by atoms with Crippen molar-refractivity contribution in [2.24, 2.45) is 0 Å². The number of nitrogens with zero attached hydrogens (tertiary/aromatic N) is 7. The molecule has 0 atom stereocenters. The van der Waals surface area contributed by atoms with Crippen LogP contribution in [0.4, 0.5) is 13.2 Å². The molecule has 346 valence electrons.